The predicted octanol–water partition coefficient (Wildman–Crippen LogP) is 5.42. The van der Waals surface area contributed by atoms with Gasteiger partial charge in [0.05, 0.1) is 0 Å². The molecule has 0 spiro atoms. The van der Waals surface area contributed by atoms with Crippen LogP contribution in [0.15, 0.2) is 42.5 Å². The standard InChI is InChI=1S/C24H23NO4S/c1-13-9-14(2)21(15(3)10-13)25-23(26)16(4)29-24(27)20-11-17-12-28-19-8-6-5-7-18(19)22(17)30-20/h5-11,16H,12H2,1-4H3,(H,25,26)/t16-/m1/s1. The van der Waals surface area contributed by atoms with Gasteiger partial charge in [-0.2, -0.15) is 0 Å². The average molecular weight is 422 g/mol. The van der Waals surface area contributed by atoms with Crippen molar-refractivity contribution in [1.82, 2.24) is 0 Å². The third-order valence-electron chi connectivity index (χ3n) is 5.10. The quantitative estimate of drug-likeness (QED) is 0.572. The van der Waals surface area contributed by atoms with Crippen molar-refractivity contribution in [3.05, 3.63) is 69.6 Å². The molecule has 154 valence electrons. The number of fused-ring (bicyclic) bond motifs is 3. The number of rotatable bonds is 4. The van der Waals surface area contributed by atoms with Crippen LogP contribution in [0.1, 0.15) is 38.8 Å². The molecule has 0 saturated carbocycles. The maximum absolute atomic E-state index is 12.7. The summed E-state index contributed by atoms with van der Waals surface area (Å²) in [7, 11) is 0. The molecule has 1 aliphatic heterocycles. The van der Waals surface area contributed by atoms with Crippen molar-refractivity contribution in [3.8, 4) is 16.2 Å². The van der Waals surface area contributed by atoms with Crippen molar-refractivity contribution in [2.24, 2.45) is 0 Å². The zero-order chi connectivity index (χ0) is 21.4. The zero-order valence-electron chi connectivity index (χ0n) is 17.4. The van der Waals surface area contributed by atoms with E-state index in [2.05, 4.69) is 5.32 Å². The van der Waals surface area contributed by atoms with Gasteiger partial charge in [0.15, 0.2) is 6.10 Å². The molecule has 3 aromatic rings. The molecule has 0 radical (unpaired) electrons. The van der Waals surface area contributed by atoms with E-state index in [1.54, 1.807) is 13.0 Å². The van der Waals surface area contributed by atoms with Crippen LogP contribution in [0.2, 0.25) is 0 Å². The van der Waals surface area contributed by atoms with Crippen LogP contribution < -0.4 is 10.1 Å². The van der Waals surface area contributed by atoms with Gasteiger partial charge >= 0.3 is 5.97 Å². The second-order valence-electron chi connectivity index (χ2n) is 7.56. The molecule has 1 N–H and O–H groups in total. The minimum atomic E-state index is -0.916. The Morgan fingerprint density at radius 2 is 1.80 bits per heavy atom. The van der Waals surface area contributed by atoms with Gasteiger partial charge in [0.25, 0.3) is 5.91 Å². The number of nitrogens with one attached hydrogen (secondary N) is 1. The van der Waals surface area contributed by atoms with E-state index in [1.165, 1.54) is 11.3 Å². The van der Waals surface area contributed by atoms with Crippen molar-refractivity contribution in [3.63, 3.8) is 0 Å². The van der Waals surface area contributed by atoms with Gasteiger partial charge in [0, 0.05) is 21.7 Å². The Morgan fingerprint density at radius 1 is 1.10 bits per heavy atom. The largest absolute Gasteiger partial charge is 0.488 e. The molecule has 2 heterocycles. The van der Waals surface area contributed by atoms with Gasteiger partial charge in [0.2, 0.25) is 0 Å². The molecule has 0 aliphatic carbocycles. The van der Waals surface area contributed by atoms with E-state index < -0.39 is 12.1 Å². The number of benzene rings is 2. The molecule has 1 atom stereocenters. The second-order valence-corrected chi connectivity index (χ2v) is 8.61. The SMILES string of the molecule is Cc1cc(C)c(NC(=O)[C@@H](C)OC(=O)c2cc3c(s2)-c2ccccc2OC3)c(C)c1. The van der Waals surface area contributed by atoms with Crippen LogP contribution in [0.3, 0.4) is 0 Å². The maximum Gasteiger partial charge on any atom is 0.349 e. The van der Waals surface area contributed by atoms with Gasteiger partial charge in [-0.05, 0) is 57.0 Å². The molecule has 1 amide bonds. The second kappa shape index (κ2) is 7.95. The minimum absolute atomic E-state index is 0.353. The summed E-state index contributed by atoms with van der Waals surface area (Å²) in [6.45, 7) is 7.90. The Kier molecular flexibility index (Phi) is 5.35. The monoisotopic (exact) mass is 421 g/mol. The zero-order valence-corrected chi connectivity index (χ0v) is 18.2. The van der Waals surface area contributed by atoms with E-state index in [1.807, 2.05) is 57.2 Å². The normalized spacial score (nSPS) is 12.9. The molecule has 0 fully saturated rings. The van der Waals surface area contributed by atoms with Gasteiger partial charge in [-0.1, -0.05) is 29.8 Å². The summed E-state index contributed by atoms with van der Waals surface area (Å²) in [5.74, 6) is -0.0522. The first-order valence-corrected chi connectivity index (χ1v) is 10.6. The highest BCUT2D eigenvalue weighted by molar-refractivity contribution is 7.17. The molecule has 6 heteroatoms. The molecule has 0 saturated heterocycles. The van der Waals surface area contributed by atoms with E-state index in [0.717, 1.165) is 44.1 Å². The lowest BCUT2D eigenvalue weighted by Gasteiger charge is -2.16. The molecule has 5 nitrogen and oxygen atoms in total. The number of thiophene rings is 1. The number of ether oxygens (including phenoxy) is 2. The summed E-state index contributed by atoms with van der Waals surface area (Å²) < 4.78 is 11.2. The lowest BCUT2D eigenvalue weighted by molar-refractivity contribution is -0.123. The van der Waals surface area contributed by atoms with Crippen LogP contribution in [-0.2, 0) is 16.1 Å². The van der Waals surface area contributed by atoms with E-state index in [0.29, 0.717) is 11.5 Å². The first-order valence-electron chi connectivity index (χ1n) is 9.78. The van der Waals surface area contributed by atoms with Crippen LogP contribution in [0, 0.1) is 20.8 Å². The fourth-order valence-electron chi connectivity index (χ4n) is 3.67. The highest BCUT2D eigenvalue weighted by Crippen LogP contribution is 2.42. The van der Waals surface area contributed by atoms with Gasteiger partial charge in [-0.15, -0.1) is 11.3 Å². The molecular weight excluding hydrogens is 398 g/mol. The number of hydrogen-bond donors (Lipinski definition) is 1. The lowest BCUT2D eigenvalue weighted by atomic mass is 10.0. The number of carbonyl (C=O) groups is 2. The van der Waals surface area contributed by atoms with E-state index in [-0.39, 0.29) is 5.91 Å². The van der Waals surface area contributed by atoms with Crippen LogP contribution in [-0.4, -0.2) is 18.0 Å². The maximum atomic E-state index is 12.7. The number of hydrogen-bond acceptors (Lipinski definition) is 5. The fourth-order valence-corrected chi connectivity index (χ4v) is 4.75. The Balaban J connectivity index is 1.47. The molecule has 30 heavy (non-hydrogen) atoms. The predicted molar refractivity (Wildman–Crippen MR) is 118 cm³/mol. The topological polar surface area (TPSA) is 64.6 Å². The van der Waals surface area contributed by atoms with Crippen molar-refractivity contribution in [1.29, 1.82) is 0 Å². The first kappa shape index (κ1) is 20.2. The number of para-hydroxylation sites is 1. The smallest absolute Gasteiger partial charge is 0.349 e. The number of amides is 1. The Bertz CT molecular complexity index is 1120. The van der Waals surface area contributed by atoms with Gasteiger partial charge < -0.3 is 14.8 Å². The summed E-state index contributed by atoms with van der Waals surface area (Å²) in [6, 6.07) is 13.6. The summed E-state index contributed by atoms with van der Waals surface area (Å²) in [6.07, 6.45) is -0.916. The van der Waals surface area contributed by atoms with Crippen molar-refractivity contribution in [2.75, 3.05) is 5.32 Å². The first-order chi connectivity index (χ1) is 14.3. The van der Waals surface area contributed by atoms with E-state index in [9.17, 15) is 9.59 Å². The molecular formula is C24H23NO4S. The Labute approximate surface area is 179 Å². The van der Waals surface area contributed by atoms with Gasteiger partial charge in [0.1, 0.15) is 17.2 Å². The minimum Gasteiger partial charge on any atom is -0.488 e. The van der Waals surface area contributed by atoms with Crippen molar-refractivity contribution < 1.29 is 19.1 Å². The average Bonchev–Trinajstić information content (AvgIpc) is 3.15. The van der Waals surface area contributed by atoms with E-state index >= 15 is 0 Å². The van der Waals surface area contributed by atoms with E-state index in [4.69, 9.17) is 9.47 Å². The van der Waals surface area contributed by atoms with Crippen molar-refractivity contribution >= 4 is 28.9 Å². The molecule has 4 rings (SSSR count). The third kappa shape index (κ3) is 3.83. The van der Waals surface area contributed by atoms with Crippen LogP contribution in [0.4, 0.5) is 5.69 Å². The molecule has 2 aromatic carbocycles. The Morgan fingerprint density at radius 3 is 2.53 bits per heavy atom. The number of aryl methyl sites for hydroxylation is 3. The molecule has 1 aliphatic rings. The molecule has 1 aromatic heterocycles. The summed E-state index contributed by atoms with van der Waals surface area (Å²) in [5.41, 5.74) is 5.77. The number of anilines is 1. The van der Waals surface area contributed by atoms with Crippen LogP contribution >= 0.6 is 11.3 Å². The molecule has 0 bridgehead atoms. The number of esters is 1. The fraction of sp³-hybridized carbons (Fsp3) is 0.250. The number of carbonyl (C=O) groups excluding carboxylic acids is 2. The lowest BCUT2D eigenvalue weighted by Crippen LogP contribution is -2.30. The van der Waals surface area contributed by atoms with Crippen molar-refractivity contribution in [2.45, 2.75) is 40.4 Å². The van der Waals surface area contributed by atoms with Gasteiger partial charge in [-0.25, -0.2) is 4.79 Å². The van der Waals surface area contributed by atoms with Crippen LogP contribution in [0.25, 0.3) is 10.4 Å². The summed E-state index contributed by atoms with van der Waals surface area (Å²) in [5, 5.41) is 2.89. The summed E-state index contributed by atoms with van der Waals surface area (Å²) in [4.78, 5) is 26.8. The highest BCUT2D eigenvalue weighted by atomic mass is 32.1. The third-order valence-corrected chi connectivity index (χ3v) is 6.29. The summed E-state index contributed by atoms with van der Waals surface area (Å²) >= 11 is 1.36. The Hall–Kier alpha value is -3.12. The van der Waals surface area contributed by atoms with Gasteiger partial charge in [-0.3, -0.25) is 4.79 Å². The van der Waals surface area contributed by atoms with Crippen LogP contribution in [0.5, 0.6) is 5.75 Å². The molecule has 0 unspecified atom stereocenters. The highest BCUT2D eigenvalue weighted by Gasteiger charge is 2.25.